The van der Waals surface area contributed by atoms with Gasteiger partial charge in [0.25, 0.3) is 0 Å². The summed E-state index contributed by atoms with van der Waals surface area (Å²) in [4.78, 5) is 0. The molecule has 0 radical (unpaired) electrons. The lowest BCUT2D eigenvalue weighted by molar-refractivity contribution is 1.41. The van der Waals surface area contributed by atoms with Gasteiger partial charge in [0.15, 0.2) is 0 Å². The molecule has 1 atom stereocenters. The average Bonchev–Trinajstić information content (AvgIpc) is 2.05. The molecule has 0 N–H and O–H groups in total. The molecular formula is C11H13P. The maximum absolute atomic E-state index is 3.20. The van der Waals surface area contributed by atoms with E-state index in [1.54, 1.807) is 0 Å². The smallest absolute Gasteiger partial charge is 0.0170 e. The lowest BCUT2D eigenvalue weighted by atomic mass is 10.4. The van der Waals surface area contributed by atoms with Crippen LogP contribution in [0.5, 0.6) is 0 Å². The SMILES string of the molecule is CC(C)=C=CPc1ccccc1. The largest absolute Gasteiger partial charge is 0.122 e. The molecule has 0 saturated heterocycles. The lowest BCUT2D eigenvalue weighted by Crippen LogP contribution is -1.87. The summed E-state index contributed by atoms with van der Waals surface area (Å²) >= 11 is 0. The van der Waals surface area contributed by atoms with Crippen LogP contribution in [-0.4, -0.2) is 0 Å². The summed E-state index contributed by atoms with van der Waals surface area (Å²) in [6, 6.07) is 10.5. The third kappa shape index (κ3) is 3.53. The van der Waals surface area contributed by atoms with Crippen LogP contribution in [0.1, 0.15) is 13.8 Å². The van der Waals surface area contributed by atoms with Gasteiger partial charge in [0.2, 0.25) is 0 Å². The Morgan fingerprint density at radius 1 is 1.25 bits per heavy atom. The second kappa shape index (κ2) is 4.93. The van der Waals surface area contributed by atoms with Crippen molar-refractivity contribution in [3.05, 3.63) is 47.5 Å². The molecule has 0 aliphatic heterocycles. The molecule has 1 aromatic carbocycles. The van der Waals surface area contributed by atoms with Crippen molar-refractivity contribution in [1.82, 2.24) is 0 Å². The molecule has 1 aromatic rings. The molecule has 1 unspecified atom stereocenters. The van der Waals surface area contributed by atoms with Crippen LogP contribution in [0.25, 0.3) is 0 Å². The van der Waals surface area contributed by atoms with E-state index in [4.69, 9.17) is 0 Å². The van der Waals surface area contributed by atoms with Crippen LogP contribution in [-0.2, 0) is 0 Å². The molecule has 0 spiro atoms. The minimum Gasteiger partial charge on any atom is -0.122 e. The summed E-state index contributed by atoms with van der Waals surface area (Å²) < 4.78 is 0. The second-order valence-corrected chi connectivity index (χ2v) is 3.95. The Morgan fingerprint density at radius 2 is 1.92 bits per heavy atom. The van der Waals surface area contributed by atoms with Crippen molar-refractivity contribution < 1.29 is 0 Å². The van der Waals surface area contributed by atoms with Gasteiger partial charge in [0.05, 0.1) is 0 Å². The molecule has 0 amide bonds. The van der Waals surface area contributed by atoms with E-state index in [-0.39, 0.29) is 0 Å². The first kappa shape index (κ1) is 9.26. The van der Waals surface area contributed by atoms with Crippen molar-refractivity contribution in [2.24, 2.45) is 0 Å². The minimum atomic E-state index is 0.740. The summed E-state index contributed by atoms with van der Waals surface area (Å²) in [7, 11) is 0.740. The van der Waals surface area contributed by atoms with Crippen molar-refractivity contribution in [2.75, 3.05) is 0 Å². The molecule has 0 saturated carbocycles. The Balaban J connectivity index is 2.61. The van der Waals surface area contributed by atoms with Gasteiger partial charge in [-0.2, -0.15) is 0 Å². The molecular weight excluding hydrogens is 163 g/mol. The monoisotopic (exact) mass is 176 g/mol. The topological polar surface area (TPSA) is 0 Å². The standard InChI is InChI=1S/C11H13P/c1-10(2)8-9-12-11-6-4-3-5-7-11/h3-7,9,12H,1-2H3. The average molecular weight is 176 g/mol. The van der Waals surface area contributed by atoms with E-state index in [1.165, 1.54) is 10.9 Å². The van der Waals surface area contributed by atoms with Crippen molar-refractivity contribution in [2.45, 2.75) is 13.8 Å². The fraction of sp³-hybridized carbons (Fsp3) is 0.182. The Morgan fingerprint density at radius 3 is 2.50 bits per heavy atom. The molecule has 0 nitrogen and oxygen atoms in total. The van der Waals surface area contributed by atoms with Crippen LogP contribution >= 0.6 is 8.58 Å². The van der Waals surface area contributed by atoms with Gasteiger partial charge in [-0.1, -0.05) is 38.9 Å². The summed E-state index contributed by atoms with van der Waals surface area (Å²) in [6.07, 6.45) is 0. The predicted octanol–water partition coefficient (Wildman–Crippen LogP) is 3.07. The number of rotatable bonds is 2. The summed E-state index contributed by atoms with van der Waals surface area (Å²) in [5, 5.41) is 1.37. The predicted molar refractivity (Wildman–Crippen MR) is 57.3 cm³/mol. The van der Waals surface area contributed by atoms with Crippen molar-refractivity contribution in [3.63, 3.8) is 0 Å². The van der Waals surface area contributed by atoms with Crippen LogP contribution in [0.2, 0.25) is 0 Å². The van der Waals surface area contributed by atoms with Crippen molar-refractivity contribution in [3.8, 4) is 0 Å². The summed E-state index contributed by atoms with van der Waals surface area (Å²) in [5.41, 5.74) is 4.43. The number of hydrogen-bond donors (Lipinski definition) is 0. The second-order valence-electron chi connectivity index (χ2n) is 2.80. The van der Waals surface area contributed by atoms with Gasteiger partial charge in [-0.15, -0.1) is 5.73 Å². The fourth-order valence-corrected chi connectivity index (χ4v) is 1.71. The third-order valence-corrected chi connectivity index (χ3v) is 2.33. The lowest BCUT2D eigenvalue weighted by Gasteiger charge is -1.91. The maximum atomic E-state index is 3.20. The zero-order valence-corrected chi connectivity index (χ0v) is 8.46. The number of benzene rings is 1. The van der Waals surface area contributed by atoms with E-state index in [0.29, 0.717) is 0 Å². The number of allylic oxidation sites excluding steroid dienone is 1. The van der Waals surface area contributed by atoms with E-state index in [1.807, 2.05) is 6.07 Å². The summed E-state index contributed by atoms with van der Waals surface area (Å²) in [5.74, 6) is 2.10. The molecule has 0 aliphatic carbocycles. The Kier molecular flexibility index (Phi) is 3.80. The van der Waals surface area contributed by atoms with Crippen LogP contribution in [0.15, 0.2) is 47.5 Å². The quantitative estimate of drug-likeness (QED) is 0.480. The van der Waals surface area contributed by atoms with E-state index < -0.39 is 0 Å². The van der Waals surface area contributed by atoms with Gasteiger partial charge in [-0.25, -0.2) is 0 Å². The van der Waals surface area contributed by atoms with E-state index in [0.717, 1.165) is 8.58 Å². The van der Waals surface area contributed by atoms with Crippen LogP contribution in [0.3, 0.4) is 0 Å². The highest BCUT2D eigenvalue weighted by molar-refractivity contribution is 7.50. The highest BCUT2D eigenvalue weighted by Gasteiger charge is 1.83. The Hall–Kier alpha value is -0.830. The van der Waals surface area contributed by atoms with Crippen molar-refractivity contribution in [1.29, 1.82) is 0 Å². The normalized spacial score (nSPS) is 9.83. The van der Waals surface area contributed by atoms with Crippen LogP contribution < -0.4 is 5.30 Å². The number of hydrogen-bond acceptors (Lipinski definition) is 0. The molecule has 0 bridgehead atoms. The third-order valence-electron chi connectivity index (χ3n) is 1.37. The first-order chi connectivity index (χ1) is 5.79. The molecule has 0 fully saturated rings. The van der Waals surface area contributed by atoms with Gasteiger partial charge < -0.3 is 0 Å². The highest BCUT2D eigenvalue weighted by Crippen LogP contribution is 2.10. The highest BCUT2D eigenvalue weighted by atomic mass is 31.1. The zero-order valence-electron chi connectivity index (χ0n) is 7.46. The fourth-order valence-electron chi connectivity index (χ4n) is 0.798. The molecule has 62 valence electrons. The zero-order chi connectivity index (χ0) is 8.81. The van der Waals surface area contributed by atoms with Crippen LogP contribution in [0, 0.1) is 0 Å². The molecule has 12 heavy (non-hydrogen) atoms. The van der Waals surface area contributed by atoms with Gasteiger partial charge in [0, 0.05) is 0 Å². The molecule has 0 heterocycles. The Bertz CT molecular complexity index is 288. The molecule has 0 aromatic heterocycles. The van der Waals surface area contributed by atoms with Crippen LogP contribution in [0.4, 0.5) is 0 Å². The maximum Gasteiger partial charge on any atom is -0.0170 e. The summed E-state index contributed by atoms with van der Waals surface area (Å²) in [6.45, 7) is 4.12. The minimum absolute atomic E-state index is 0.740. The molecule has 1 rings (SSSR count). The van der Waals surface area contributed by atoms with Gasteiger partial charge in [-0.05, 0) is 30.5 Å². The van der Waals surface area contributed by atoms with Gasteiger partial charge in [-0.3, -0.25) is 0 Å². The first-order valence-corrected chi connectivity index (χ1v) is 5.07. The molecule has 1 heteroatoms. The van der Waals surface area contributed by atoms with E-state index >= 15 is 0 Å². The van der Waals surface area contributed by atoms with E-state index in [2.05, 4.69) is 49.7 Å². The molecule has 0 aliphatic rings. The van der Waals surface area contributed by atoms with E-state index in [9.17, 15) is 0 Å². The first-order valence-electron chi connectivity index (χ1n) is 3.99. The Labute approximate surface area is 75.8 Å². The van der Waals surface area contributed by atoms with Crippen molar-refractivity contribution >= 4 is 13.9 Å². The van der Waals surface area contributed by atoms with Gasteiger partial charge >= 0.3 is 0 Å². The van der Waals surface area contributed by atoms with Gasteiger partial charge in [0.1, 0.15) is 0 Å².